The van der Waals surface area contributed by atoms with Crippen molar-refractivity contribution in [2.45, 2.75) is 0 Å². The fraction of sp³-hybridized carbons (Fsp3) is 0.333. The first-order valence-electron chi connectivity index (χ1n) is 5.42. The smallest absolute Gasteiger partial charge is 0.205 e. The average Bonchev–Trinajstić information content (AvgIpc) is 2.38. The summed E-state index contributed by atoms with van der Waals surface area (Å²) in [5, 5.41) is 6.58. The van der Waals surface area contributed by atoms with Crippen molar-refractivity contribution in [2.75, 3.05) is 26.3 Å². The summed E-state index contributed by atoms with van der Waals surface area (Å²) in [6.07, 6.45) is 1.34. The lowest BCUT2D eigenvalue weighted by atomic mass is 10.1. The minimum Gasteiger partial charge on any atom is -0.378 e. The van der Waals surface area contributed by atoms with Gasteiger partial charge in [-0.05, 0) is 24.3 Å². The number of nitrogens with zero attached hydrogens (tertiary/aromatic N) is 2. The van der Waals surface area contributed by atoms with Gasteiger partial charge in [-0.25, -0.2) is 0 Å². The van der Waals surface area contributed by atoms with Gasteiger partial charge >= 0.3 is 0 Å². The molecule has 0 bridgehead atoms. The van der Waals surface area contributed by atoms with Crippen molar-refractivity contribution >= 4 is 23.6 Å². The summed E-state index contributed by atoms with van der Waals surface area (Å²) in [5.41, 5.74) is 0.589. The average molecular weight is 253 g/mol. The van der Waals surface area contributed by atoms with E-state index >= 15 is 0 Å². The first kappa shape index (κ1) is 12.1. The number of carbonyl (C=O) groups excluding carboxylic acids is 1. The molecule has 4 nitrogen and oxygen atoms in total. The van der Waals surface area contributed by atoms with Crippen molar-refractivity contribution in [3.63, 3.8) is 0 Å². The Labute approximate surface area is 105 Å². The molecule has 0 aliphatic carbocycles. The molecule has 5 heteroatoms. The Morgan fingerprint density at radius 2 is 1.94 bits per heavy atom. The van der Waals surface area contributed by atoms with Gasteiger partial charge in [-0.3, -0.25) is 9.80 Å². The molecule has 1 aromatic rings. The van der Waals surface area contributed by atoms with E-state index in [2.05, 4.69) is 5.10 Å². The van der Waals surface area contributed by atoms with E-state index in [1.54, 1.807) is 24.3 Å². The number of carbonyl (C=O) groups is 1. The van der Waals surface area contributed by atoms with Crippen LogP contribution in [0.2, 0.25) is 5.02 Å². The number of hydrogen-bond acceptors (Lipinski definition) is 4. The largest absolute Gasteiger partial charge is 0.378 e. The lowest BCUT2D eigenvalue weighted by molar-refractivity contribution is 0.0395. The monoisotopic (exact) mass is 252 g/mol. The highest BCUT2D eigenvalue weighted by Crippen LogP contribution is 2.09. The maximum absolute atomic E-state index is 11.7. The highest BCUT2D eigenvalue weighted by atomic mass is 35.5. The number of halogens is 1. The molecule has 0 amide bonds. The molecule has 1 aromatic carbocycles. The number of ketones is 1. The summed E-state index contributed by atoms with van der Waals surface area (Å²) in [6, 6.07) is 6.76. The summed E-state index contributed by atoms with van der Waals surface area (Å²) < 4.78 is 5.19. The molecule has 2 rings (SSSR count). The predicted molar refractivity (Wildman–Crippen MR) is 66.7 cm³/mol. The molecule has 0 aromatic heterocycles. The zero-order chi connectivity index (χ0) is 12.1. The van der Waals surface area contributed by atoms with Crippen LogP contribution in [0.25, 0.3) is 0 Å². The second kappa shape index (κ2) is 5.80. The van der Waals surface area contributed by atoms with Gasteiger partial charge in [0.05, 0.1) is 32.5 Å². The third-order valence-electron chi connectivity index (χ3n) is 2.45. The fourth-order valence-corrected chi connectivity index (χ4v) is 1.62. The van der Waals surface area contributed by atoms with Crippen LogP contribution in [0.4, 0.5) is 0 Å². The molecule has 1 aliphatic rings. The van der Waals surface area contributed by atoms with Gasteiger partial charge in [-0.1, -0.05) is 11.6 Å². The van der Waals surface area contributed by atoms with Gasteiger partial charge in [0.15, 0.2) is 0 Å². The van der Waals surface area contributed by atoms with Crippen LogP contribution in [0.15, 0.2) is 29.4 Å². The minimum atomic E-state index is -0.117. The van der Waals surface area contributed by atoms with Crippen molar-refractivity contribution in [1.29, 1.82) is 0 Å². The SMILES string of the molecule is O=C(C=NN1CCOCC1)c1ccc(Cl)cc1. The number of benzene rings is 1. The van der Waals surface area contributed by atoms with Crippen molar-refractivity contribution in [1.82, 2.24) is 5.01 Å². The van der Waals surface area contributed by atoms with Crippen LogP contribution < -0.4 is 0 Å². The normalized spacial score (nSPS) is 16.4. The van der Waals surface area contributed by atoms with E-state index < -0.39 is 0 Å². The molecule has 0 unspecified atom stereocenters. The molecule has 0 radical (unpaired) electrons. The number of hydrazone groups is 1. The molecule has 1 heterocycles. The number of ether oxygens (including phenoxy) is 1. The second-order valence-electron chi connectivity index (χ2n) is 3.68. The molecule has 1 saturated heterocycles. The van der Waals surface area contributed by atoms with E-state index in [-0.39, 0.29) is 5.78 Å². The Bertz CT molecular complexity index is 411. The first-order chi connectivity index (χ1) is 8.25. The maximum atomic E-state index is 11.7. The van der Waals surface area contributed by atoms with E-state index in [4.69, 9.17) is 16.3 Å². The summed E-state index contributed by atoms with van der Waals surface area (Å²) >= 11 is 5.75. The van der Waals surface area contributed by atoms with E-state index in [1.165, 1.54) is 6.21 Å². The van der Waals surface area contributed by atoms with Crippen LogP contribution in [0, 0.1) is 0 Å². The number of morpholine rings is 1. The Morgan fingerprint density at radius 3 is 2.59 bits per heavy atom. The lowest BCUT2D eigenvalue weighted by Gasteiger charge is -2.23. The van der Waals surface area contributed by atoms with Crippen LogP contribution >= 0.6 is 11.6 Å². The Kier molecular flexibility index (Phi) is 4.12. The Hall–Kier alpha value is -1.39. The van der Waals surface area contributed by atoms with Gasteiger partial charge in [0.1, 0.15) is 0 Å². The van der Waals surface area contributed by atoms with Crippen LogP contribution in [0.3, 0.4) is 0 Å². The highest BCUT2D eigenvalue weighted by molar-refractivity contribution is 6.35. The van der Waals surface area contributed by atoms with E-state index in [0.717, 1.165) is 13.1 Å². The summed E-state index contributed by atoms with van der Waals surface area (Å²) in [7, 11) is 0. The fourth-order valence-electron chi connectivity index (χ4n) is 1.49. The molecular weight excluding hydrogens is 240 g/mol. The topological polar surface area (TPSA) is 41.9 Å². The standard InChI is InChI=1S/C12H13ClN2O2/c13-11-3-1-10(2-4-11)12(16)9-14-15-5-7-17-8-6-15/h1-4,9H,5-8H2. The van der Waals surface area contributed by atoms with Crippen molar-refractivity contribution in [3.05, 3.63) is 34.9 Å². The van der Waals surface area contributed by atoms with Crippen molar-refractivity contribution in [3.8, 4) is 0 Å². The van der Waals surface area contributed by atoms with Gasteiger partial charge in [0.25, 0.3) is 0 Å². The van der Waals surface area contributed by atoms with Crippen LogP contribution in [0.1, 0.15) is 10.4 Å². The lowest BCUT2D eigenvalue weighted by Crippen LogP contribution is -2.32. The van der Waals surface area contributed by atoms with Gasteiger partial charge in [0.2, 0.25) is 5.78 Å². The first-order valence-corrected chi connectivity index (χ1v) is 5.80. The molecule has 1 aliphatic heterocycles. The zero-order valence-electron chi connectivity index (χ0n) is 9.30. The molecular formula is C12H13ClN2O2. The van der Waals surface area contributed by atoms with E-state index in [9.17, 15) is 4.79 Å². The number of rotatable bonds is 3. The molecule has 0 N–H and O–H groups in total. The predicted octanol–water partition coefficient (Wildman–Crippen LogP) is 1.84. The molecule has 0 saturated carbocycles. The molecule has 90 valence electrons. The van der Waals surface area contributed by atoms with Gasteiger partial charge in [-0.15, -0.1) is 0 Å². The van der Waals surface area contributed by atoms with E-state index in [1.807, 2.05) is 5.01 Å². The Balaban J connectivity index is 1.96. The quantitative estimate of drug-likeness (QED) is 0.609. The Morgan fingerprint density at radius 1 is 1.29 bits per heavy atom. The summed E-state index contributed by atoms with van der Waals surface area (Å²) in [6.45, 7) is 2.77. The third-order valence-corrected chi connectivity index (χ3v) is 2.71. The van der Waals surface area contributed by atoms with Crippen LogP contribution in [-0.2, 0) is 4.74 Å². The van der Waals surface area contributed by atoms with E-state index in [0.29, 0.717) is 23.8 Å². The highest BCUT2D eigenvalue weighted by Gasteiger charge is 2.08. The molecule has 1 fully saturated rings. The third kappa shape index (κ3) is 3.54. The molecule has 0 spiro atoms. The maximum Gasteiger partial charge on any atom is 0.205 e. The van der Waals surface area contributed by atoms with Gasteiger partial charge in [-0.2, -0.15) is 5.10 Å². The summed E-state index contributed by atoms with van der Waals surface area (Å²) in [4.78, 5) is 11.7. The zero-order valence-corrected chi connectivity index (χ0v) is 10.1. The number of Topliss-reactive ketones (excluding diaryl/α,β-unsaturated/α-hetero) is 1. The number of hydrogen-bond donors (Lipinski definition) is 0. The molecule has 0 atom stereocenters. The van der Waals surface area contributed by atoms with Gasteiger partial charge in [0, 0.05) is 10.6 Å². The summed E-state index contributed by atoms with van der Waals surface area (Å²) in [5.74, 6) is -0.117. The molecule has 17 heavy (non-hydrogen) atoms. The van der Waals surface area contributed by atoms with Gasteiger partial charge < -0.3 is 4.74 Å². The van der Waals surface area contributed by atoms with Crippen LogP contribution in [-0.4, -0.2) is 43.3 Å². The van der Waals surface area contributed by atoms with Crippen molar-refractivity contribution in [2.24, 2.45) is 5.10 Å². The minimum absolute atomic E-state index is 0.117. The van der Waals surface area contributed by atoms with Crippen LogP contribution in [0.5, 0.6) is 0 Å². The van der Waals surface area contributed by atoms with Crippen molar-refractivity contribution < 1.29 is 9.53 Å². The second-order valence-corrected chi connectivity index (χ2v) is 4.12.